The van der Waals surface area contributed by atoms with Crippen LogP contribution in [0.25, 0.3) is 0 Å². The van der Waals surface area contributed by atoms with Crippen LogP contribution >= 0.6 is 27.5 Å². The summed E-state index contributed by atoms with van der Waals surface area (Å²) in [6.45, 7) is 0. The number of aromatic hydroxyl groups is 1. The Kier molecular flexibility index (Phi) is 4.45. The van der Waals surface area contributed by atoms with E-state index in [1.165, 1.54) is 0 Å². The van der Waals surface area contributed by atoms with E-state index in [-0.39, 0.29) is 18.1 Å². The van der Waals surface area contributed by atoms with Crippen LogP contribution in [0.15, 0.2) is 46.9 Å². The average molecular weight is 341 g/mol. The first kappa shape index (κ1) is 13.9. The summed E-state index contributed by atoms with van der Waals surface area (Å²) in [5.41, 5.74) is 1.21. The summed E-state index contributed by atoms with van der Waals surface area (Å²) in [6.07, 6.45) is 0.103. The number of rotatable bonds is 3. The van der Waals surface area contributed by atoms with Gasteiger partial charge in [-0.2, -0.15) is 0 Å². The zero-order valence-corrected chi connectivity index (χ0v) is 12.2. The van der Waals surface area contributed by atoms with Crippen molar-refractivity contribution in [3.8, 4) is 5.75 Å². The van der Waals surface area contributed by atoms with Gasteiger partial charge in [0.1, 0.15) is 5.75 Å². The molecule has 0 aliphatic rings. The van der Waals surface area contributed by atoms with Crippen molar-refractivity contribution in [3.05, 3.63) is 57.5 Å². The van der Waals surface area contributed by atoms with Crippen molar-refractivity contribution in [2.24, 2.45) is 0 Å². The number of carbonyl (C=O) groups is 1. The molecule has 2 N–H and O–H groups in total. The molecule has 2 aromatic rings. The summed E-state index contributed by atoms with van der Waals surface area (Å²) in [6, 6.07) is 12.0. The number of phenolic OH excluding ortho intramolecular Hbond substituents is 1. The normalized spacial score (nSPS) is 10.2. The third-order valence-electron chi connectivity index (χ3n) is 2.51. The van der Waals surface area contributed by atoms with Crippen molar-refractivity contribution < 1.29 is 9.90 Å². The first-order valence-electron chi connectivity index (χ1n) is 5.57. The lowest BCUT2D eigenvalue weighted by atomic mass is 10.1. The molecule has 0 saturated heterocycles. The van der Waals surface area contributed by atoms with E-state index in [4.69, 9.17) is 11.6 Å². The lowest BCUT2D eigenvalue weighted by Gasteiger charge is -2.07. The summed E-state index contributed by atoms with van der Waals surface area (Å²) in [5, 5.41) is 13.0. The van der Waals surface area contributed by atoms with Gasteiger partial charge < -0.3 is 10.4 Å². The van der Waals surface area contributed by atoms with E-state index in [1.807, 2.05) is 0 Å². The van der Waals surface area contributed by atoms with E-state index < -0.39 is 0 Å². The van der Waals surface area contributed by atoms with Crippen LogP contribution in [0, 0.1) is 0 Å². The van der Waals surface area contributed by atoms with Crippen LogP contribution in [0.4, 0.5) is 5.69 Å². The molecule has 0 unspecified atom stereocenters. The molecule has 3 nitrogen and oxygen atoms in total. The van der Waals surface area contributed by atoms with Crippen molar-refractivity contribution >= 4 is 39.1 Å². The summed E-state index contributed by atoms with van der Waals surface area (Å²) in [7, 11) is 0. The molecule has 0 radical (unpaired) electrons. The number of amides is 1. The van der Waals surface area contributed by atoms with E-state index >= 15 is 0 Å². The number of hydrogen-bond acceptors (Lipinski definition) is 2. The van der Waals surface area contributed by atoms with Crippen LogP contribution in [0.3, 0.4) is 0 Å². The fourth-order valence-electron chi connectivity index (χ4n) is 1.63. The lowest BCUT2D eigenvalue weighted by molar-refractivity contribution is -0.115. The summed E-state index contributed by atoms with van der Waals surface area (Å²) < 4.78 is 0.768. The number of phenols is 1. The highest BCUT2D eigenvalue weighted by Gasteiger charge is 2.08. The molecule has 0 spiro atoms. The van der Waals surface area contributed by atoms with Gasteiger partial charge in [-0.05, 0) is 30.3 Å². The first-order chi connectivity index (χ1) is 9.04. The monoisotopic (exact) mass is 339 g/mol. The van der Waals surface area contributed by atoms with Gasteiger partial charge >= 0.3 is 0 Å². The molecule has 5 heteroatoms. The topological polar surface area (TPSA) is 49.3 Å². The SMILES string of the molecule is O=C(Cc1ccc(Br)cc1O)Nc1cccc(Cl)c1. The average Bonchev–Trinajstić information content (AvgIpc) is 2.33. The predicted octanol–water partition coefficient (Wildman–Crippen LogP) is 3.99. The smallest absolute Gasteiger partial charge is 0.228 e. The second kappa shape index (κ2) is 6.08. The molecule has 0 heterocycles. The second-order valence-electron chi connectivity index (χ2n) is 4.01. The van der Waals surface area contributed by atoms with Crippen molar-refractivity contribution in [2.75, 3.05) is 5.32 Å². The van der Waals surface area contributed by atoms with Gasteiger partial charge in [0.2, 0.25) is 5.91 Å². The van der Waals surface area contributed by atoms with E-state index in [0.29, 0.717) is 16.3 Å². The molecule has 0 atom stereocenters. The summed E-state index contributed by atoms with van der Waals surface area (Å²) in [5.74, 6) is -0.115. The largest absolute Gasteiger partial charge is 0.508 e. The minimum absolute atomic E-state index is 0.0932. The number of nitrogens with one attached hydrogen (secondary N) is 1. The molecule has 2 rings (SSSR count). The zero-order valence-electron chi connectivity index (χ0n) is 9.86. The van der Waals surface area contributed by atoms with Gasteiger partial charge in [0, 0.05) is 20.7 Å². The van der Waals surface area contributed by atoms with Crippen LogP contribution < -0.4 is 5.32 Å². The Morgan fingerprint density at radius 3 is 2.74 bits per heavy atom. The Labute approximate surface area is 124 Å². The van der Waals surface area contributed by atoms with Crippen LogP contribution in [-0.2, 0) is 11.2 Å². The Bertz CT molecular complexity index is 616. The number of anilines is 1. The fraction of sp³-hybridized carbons (Fsp3) is 0.0714. The maximum absolute atomic E-state index is 11.9. The van der Waals surface area contributed by atoms with Crippen LogP contribution in [-0.4, -0.2) is 11.0 Å². The van der Waals surface area contributed by atoms with Crippen molar-refractivity contribution in [2.45, 2.75) is 6.42 Å². The zero-order chi connectivity index (χ0) is 13.8. The van der Waals surface area contributed by atoms with Gasteiger partial charge in [0.05, 0.1) is 6.42 Å². The third-order valence-corrected chi connectivity index (χ3v) is 3.24. The molecule has 0 aromatic heterocycles. The molecule has 0 fully saturated rings. The van der Waals surface area contributed by atoms with Gasteiger partial charge in [0.25, 0.3) is 0 Å². The molecule has 1 amide bonds. The molecule has 19 heavy (non-hydrogen) atoms. The molecular weight excluding hydrogens is 330 g/mol. The Morgan fingerprint density at radius 1 is 1.26 bits per heavy atom. The first-order valence-corrected chi connectivity index (χ1v) is 6.74. The summed E-state index contributed by atoms with van der Waals surface area (Å²) >= 11 is 9.08. The van der Waals surface area contributed by atoms with Crippen LogP contribution in [0.2, 0.25) is 5.02 Å². The Morgan fingerprint density at radius 2 is 2.05 bits per heavy atom. The van der Waals surface area contributed by atoms with E-state index in [0.717, 1.165) is 4.47 Å². The van der Waals surface area contributed by atoms with E-state index in [1.54, 1.807) is 42.5 Å². The Hall–Kier alpha value is -1.52. The number of carbonyl (C=O) groups excluding carboxylic acids is 1. The highest BCUT2D eigenvalue weighted by molar-refractivity contribution is 9.10. The van der Waals surface area contributed by atoms with E-state index in [9.17, 15) is 9.90 Å². The van der Waals surface area contributed by atoms with Crippen molar-refractivity contribution in [3.63, 3.8) is 0 Å². The van der Waals surface area contributed by atoms with Gasteiger partial charge in [-0.1, -0.05) is 39.7 Å². The highest BCUT2D eigenvalue weighted by Crippen LogP contribution is 2.23. The molecule has 2 aromatic carbocycles. The minimum atomic E-state index is -0.208. The van der Waals surface area contributed by atoms with Crippen LogP contribution in [0.5, 0.6) is 5.75 Å². The van der Waals surface area contributed by atoms with Crippen molar-refractivity contribution in [1.82, 2.24) is 0 Å². The van der Waals surface area contributed by atoms with Crippen LogP contribution in [0.1, 0.15) is 5.56 Å². The minimum Gasteiger partial charge on any atom is -0.508 e. The quantitative estimate of drug-likeness (QED) is 0.887. The molecule has 0 aliphatic carbocycles. The number of hydrogen-bond donors (Lipinski definition) is 2. The Balaban J connectivity index is 2.05. The van der Waals surface area contributed by atoms with Gasteiger partial charge in [-0.25, -0.2) is 0 Å². The molecule has 0 bridgehead atoms. The third kappa shape index (κ3) is 3.98. The van der Waals surface area contributed by atoms with Gasteiger partial charge in [-0.3, -0.25) is 4.79 Å². The highest BCUT2D eigenvalue weighted by atomic mass is 79.9. The molecule has 0 aliphatic heterocycles. The number of benzene rings is 2. The predicted molar refractivity (Wildman–Crippen MR) is 79.6 cm³/mol. The fourth-order valence-corrected chi connectivity index (χ4v) is 2.17. The van der Waals surface area contributed by atoms with Crippen molar-refractivity contribution in [1.29, 1.82) is 0 Å². The molecular formula is C14H11BrClNO2. The second-order valence-corrected chi connectivity index (χ2v) is 5.36. The standard InChI is InChI=1S/C14H11BrClNO2/c15-10-5-4-9(13(18)7-10)6-14(19)17-12-3-1-2-11(16)8-12/h1-5,7-8,18H,6H2,(H,17,19). The maximum atomic E-state index is 11.9. The van der Waals surface area contributed by atoms with Gasteiger partial charge in [0.15, 0.2) is 0 Å². The van der Waals surface area contributed by atoms with E-state index in [2.05, 4.69) is 21.2 Å². The molecule has 98 valence electrons. The maximum Gasteiger partial charge on any atom is 0.228 e. The lowest BCUT2D eigenvalue weighted by Crippen LogP contribution is -2.14. The molecule has 0 saturated carbocycles. The van der Waals surface area contributed by atoms with Gasteiger partial charge in [-0.15, -0.1) is 0 Å². The number of halogens is 2. The summed E-state index contributed by atoms with van der Waals surface area (Å²) in [4.78, 5) is 11.9.